The van der Waals surface area contributed by atoms with Crippen molar-refractivity contribution in [3.8, 4) is 0 Å². The van der Waals surface area contributed by atoms with Crippen molar-refractivity contribution in [2.75, 3.05) is 19.6 Å². The summed E-state index contributed by atoms with van der Waals surface area (Å²) >= 11 is 0. The number of carbonyl (C=O) groups excluding carboxylic acids is 2. The number of benzene rings is 1. The minimum absolute atomic E-state index is 0.139. The van der Waals surface area contributed by atoms with Crippen LogP contribution in [-0.4, -0.2) is 51.2 Å². The highest BCUT2D eigenvalue weighted by Gasteiger charge is 2.50. The summed E-state index contributed by atoms with van der Waals surface area (Å²) in [6.07, 6.45) is 3.65. The van der Waals surface area contributed by atoms with Crippen LogP contribution < -0.4 is 10.6 Å². The molecule has 0 aliphatic carbocycles. The highest BCUT2D eigenvalue weighted by Crippen LogP contribution is 2.47. The average molecular weight is 396 g/mol. The van der Waals surface area contributed by atoms with Crippen LogP contribution in [0.4, 0.5) is 4.79 Å². The third-order valence-electron chi connectivity index (χ3n) is 6.29. The monoisotopic (exact) mass is 396 g/mol. The molecule has 2 N–H and O–H groups in total. The molecule has 4 rings (SSSR count). The molecule has 3 heterocycles. The van der Waals surface area contributed by atoms with Crippen molar-refractivity contribution in [3.63, 3.8) is 0 Å². The number of aromatic nitrogens is 3. The summed E-state index contributed by atoms with van der Waals surface area (Å²) in [7, 11) is 0. The van der Waals surface area contributed by atoms with E-state index in [-0.39, 0.29) is 23.4 Å². The van der Waals surface area contributed by atoms with Gasteiger partial charge in [-0.2, -0.15) is 5.10 Å². The summed E-state index contributed by atoms with van der Waals surface area (Å²) < 4.78 is 1.86. The predicted octanol–water partition coefficient (Wildman–Crippen LogP) is 1.81. The summed E-state index contributed by atoms with van der Waals surface area (Å²) in [4.78, 5) is 31.7. The maximum Gasteiger partial charge on any atom is 0.315 e. The van der Waals surface area contributed by atoms with Gasteiger partial charge in [-0.05, 0) is 37.8 Å². The lowest BCUT2D eigenvalue weighted by molar-refractivity contribution is -0.130. The predicted molar refractivity (Wildman–Crippen MR) is 108 cm³/mol. The maximum atomic E-state index is 13.0. The van der Waals surface area contributed by atoms with Crippen molar-refractivity contribution >= 4 is 11.9 Å². The molecule has 2 aliphatic rings. The number of hydrogen-bond donors (Lipinski definition) is 2. The first-order valence-corrected chi connectivity index (χ1v) is 10.3. The number of amides is 3. The summed E-state index contributed by atoms with van der Waals surface area (Å²) in [6, 6.07) is 7.54. The summed E-state index contributed by atoms with van der Waals surface area (Å²) in [5.41, 5.74) is 1.99. The quantitative estimate of drug-likeness (QED) is 0.824. The van der Waals surface area contributed by atoms with Crippen LogP contribution in [0.5, 0.6) is 0 Å². The number of likely N-dealkylation sites (tertiary alicyclic amines) is 1. The number of rotatable bonds is 4. The number of fused-ring (bicyclic) bond motifs is 1. The van der Waals surface area contributed by atoms with Crippen LogP contribution in [0, 0.1) is 12.3 Å². The molecule has 1 saturated heterocycles. The number of nitrogens with zero attached hydrogens (tertiary/aromatic N) is 4. The number of carbonyl (C=O) groups is 2. The largest absolute Gasteiger partial charge is 0.342 e. The van der Waals surface area contributed by atoms with Gasteiger partial charge >= 0.3 is 6.03 Å². The Morgan fingerprint density at radius 3 is 2.83 bits per heavy atom. The zero-order valence-corrected chi connectivity index (χ0v) is 17.0. The molecule has 1 fully saturated rings. The van der Waals surface area contributed by atoms with Gasteiger partial charge in [0.25, 0.3) is 0 Å². The second kappa shape index (κ2) is 7.85. The van der Waals surface area contributed by atoms with Gasteiger partial charge in [0.1, 0.15) is 12.2 Å². The number of nitrogens with one attached hydrogen (secondary N) is 2. The lowest BCUT2D eigenvalue weighted by atomic mass is 9.74. The van der Waals surface area contributed by atoms with Gasteiger partial charge < -0.3 is 15.5 Å². The molecule has 0 unspecified atom stereocenters. The van der Waals surface area contributed by atoms with E-state index in [9.17, 15) is 9.59 Å². The summed E-state index contributed by atoms with van der Waals surface area (Å²) in [5.74, 6) is 0.913. The molecule has 29 heavy (non-hydrogen) atoms. The van der Waals surface area contributed by atoms with E-state index in [2.05, 4.69) is 20.7 Å². The first-order valence-electron chi connectivity index (χ1n) is 10.3. The van der Waals surface area contributed by atoms with Crippen LogP contribution in [0.25, 0.3) is 0 Å². The Hall–Kier alpha value is -2.90. The highest BCUT2D eigenvalue weighted by molar-refractivity contribution is 5.79. The average Bonchev–Trinajstić information content (AvgIpc) is 3.34. The number of urea groups is 1. The fourth-order valence-corrected chi connectivity index (χ4v) is 4.61. The van der Waals surface area contributed by atoms with Crippen molar-refractivity contribution in [3.05, 3.63) is 47.5 Å². The molecule has 1 aromatic carbocycles. The Balaban J connectivity index is 1.53. The zero-order chi connectivity index (χ0) is 20.4. The number of aryl methyl sites for hydroxylation is 2. The summed E-state index contributed by atoms with van der Waals surface area (Å²) in [6.45, 7) is 6.56. The topological polar surface area (TPSA) is 92.2 Å². The van der Waals surface area contributed by atoms with Crippen molar-refractivity contribution in [1.82, 2.24) is 30.3 Å². The molecule has 0 radical (unpaired) electrons. The molecule has 8 heteroatoms. The Morgan fingerprint density at radius 1 is 1.24 bits per heavy atom. The fraction of sp³-hybridized carbons (Fsp3) is 0.524. The van der Waals surface area contributed by atoms with Crippen LogP contribution in [0.15, 0.2) is 30.6 Å². The van der Waals surface area contributed by atoms with E-state index in [0.717, 1.165) is 36.3 Å². The van der Waals surface area contributed by atoms with Crippen LogP contribution in [0.1, 0.15) is 42.8 Å². The lowest BCUT2D eigenvalue weighted by Gasteiger charge is -2.40. The van der Waals surface area contributed by atoms with Crippen LogP contribution in [0.2, 0.25) is 0 Å². The second-order valence-corrected chi connectivity index (χ2v) is 8.06. The van der Waals surface area contributed by atoms with Gasteiger partial charge in [-0.15, -0.1) is 0 Å². The van der Waals surface area contributed by atoms with Crippen LogP contribution in [-0.2, 0) is 17.8 Å². The van der Waals surface area contributed by atoms with Gasteiger partial charge in [-0.3, -0.25) is 4.79 Å². The molecule has 2 aliphatic heterocycles. The molecular formula is C21H28N6O2. The highest BCUT2D eigenvalue weighted by atomic mass is 16.2. The summed E-state index contributed by atoms with van der Waals surface area (Å²) in [5, 5.41) is 10.2. The molecule has 1 aromatic heterocycles. The van der Waals surface area contributed by atoms with Gasteiger partial charge in [0.05, 0.1) is 12.5 Å². The Kier molecular flexibility index (Phi) is 5.25. The molecular weight excluding hydrogens is 368 g/mol. The van der Waals surface area contributed by atoms with E-state index in [4.69, 9.17) is 0 Å². The fourth-order valence-electron chi connectivity index (χ4n) is 4.61. The Labute approximate surface area is 170 Å². The maximum absolute atomic E-state index is 13.0. The van der Waals surface area contributed by atoms with E-state index >= 15 is 0 Å². The first-order chi connectivity index (χ1) is 14.0. The van der Waals surface area contributed by atoms with E-state index in [1.807, 2.05) is 47.7 Å². The van der Waals surface area contributed by atoms with Gasteiger partial charge in [0.2, 0.25) is 5.91 Å². The third-order valence-corrected chi connectivity index (χ3v) is 6.29. The van der Waals surface area contributed by atoms with E-state index in [0.29, 0.717) is 26.1 Å². The second-order valence-electron chi connectivity index (χ2n) is 8.06. The first kappa shape index (κ1) is 19.4. The van der Waals surface area contributed by atoms with Gasteiger partial charge in [-0.1, -0.05) is 24.3 Å². The lowest BCUT2D eigenvalue weighted by Crippen LogP contribution is -2.50. The molecule has 0 saturated carbocycles. The van der Waals surface area contributed by atoms with E-state index < -0.39 is 0 Å². The van der Waals surface area contributed by atoms with Gasteiger partial charge in [0, 0.05) is 31.6 Å². The van der Waals surface area contributed by atoms with Crippen molar-refractivity contribution in [1.29, 1.82) is 0 Å². The van der Waals surface area contributed by atoms with E-state index in [1.165, 1.54) is 6.33 Å². The van der Waals surface area contributed by atoms with E-state index in [1.54, 1.807) is 0 Å². The van der Waals surface area contributed by atoms with Gasteiger partial charge in [0.15, 0.2) is 0 Å². The normalized spacial score (nSPS) is 23.1. The SMILES string of the molecule is CCNC(=O)N[C@@H]1c2ncnn2CC[C@]12CCN(C(=O)Cc1ccccc1C)C2. The molecule has 3 amide bonds. The molecule has 0 bridgehead atoms. The third kappa shape index (κ3) is 3.71. The van der Waals surface area contributed by atoms with Gasteiger partial charge in [-0.25, -0.2) is 14.5 Å². The minimum Gasteiger partial charge on any atom is -0.342 e. The Bertz CT molecular complexity index is 910. The molecule has 2 aromatic rings. The standard InChI is InChI=1S/C21H28N6O2/c1-3-22-20(29)25-18-19-23-14-24-27(19)11-9-21(18)8-10-26(13-21)17(28)12-16-7-5-4-6-15(16)2/h4-7,14,18H,3,8-13H2,1-2H3,(H2,22,25,29)/t18-,21+/m1/s1. The molecule has 1 spiro atoms. The van der Waals surface area contributed by atoms with Crippen molar-refractivity contribution in [2.24, 2.45) is 5.41 Å². The number of hydrogen-bond acceptors (Lipinski definition) is 4. The minimum atomic E-state index is -0.262. The molecule has 154 valence electrons. The van der Waals surface area contributed by atoms with Crippen LogP contribution >= 0.6 is 0 Å². The molecule has 2 atom stereocenters. The van der Waals surface area contributed by atoms with Crippen LogP contribution in [0.3, 0.4) is 0 Å². The smallest absolute Gasteiger partial charge is 0.315 e. The van der Waals surface area contributed by atoms with Crippen molar-refractivity contribution in [2.45, 2.75) is 45.7 Å². The zero-order valence-electron chi connectivity index (χ0n) is 17.0. The molecule has 8 nitrogen and oxygen atoms in total. The van der Waals surface area contributed by atoms with Crippen molar-refractivity contribution < 1.29 is 9.59 Å². The Morgan fingerprint density at radius 2 is 2.03 bits per heavy atom.